The van der Waals surface area contributed by atoms with Crippen molar-refractivity contribution in [1.29, 1.82) is 0 Å². The zero-order valence-electron chi connectivity index (χ0n) is 14.9. The highest BCUT2D eigenvalue weighted by Crippen LogP contribution is 2.39. The number of halogens is 1. The highest BCUT2D eigenvalue weighted by molar-refractivity contribution is 7.46. The zero-order chi connectivity index (χ0) is 20.3. The zero-order valence-corrected chi connectivity index (χ0v) is 17.4. The Kier molecular flexibility index (Phi) is 6.77. The van der Waals surface area contributed by atoms with Crippen molar-refractivity contribution in [2.45, 2.75) is 19.0 Å². The van der Waals surface area contributed by atoms with Gasteiger partial charge in [-0.15, -0.1) is 11.3 Å². The van der Waals surface area contributed by atoms with Crippen molar-refractivity contribution in [2.75, 3.05) is 20.4 Å². The molecule has 2 N–H and O–H groups in total. The molecule has 28 heavy (non-hydrogen) atoms. The number of ether oxygens (including phenoxy) is 2. The van der Waals surface area contributed by atoms with Crippen LogP contribution in [0.3, 0.4) is 0 Å². The van der Waals surface area contributed by atoms with Crippen molar-refractivity contribution >= 4 is 36.7 Å². The lowest BCUT2D eigenvalue weighted by Gasteiger charge is -2.33. The van der Waals surface area contributed by atoms with E-state index in [2.05, 4.69) is 4.52 Å². The molecule has 0 bridgehead atoms. The number of benzene rings is 1. The van der Waals surface area contributed by atoms with Gasteiger partial charge >= 0.3 is 13.8 Å². The van der Waals surface area contributed by atoms with Crippen molar-refractivity contribution in [3.05, 3.63) is 51.4 Å². The number of carbonyl (C=O) groups excluding carboxylic acids is 1. The Hall–Kier alpha value is -1.45. The van der Waals surface area contributed by atoms with E-state index in [0.717, 1.165) is 10.4 Å². The summed E-state index contributed by atoms with van der Waals surface area (Å²) in [6.45, 7) is 0.564. The van der Waals surface area contributed by atoms with Crippen LogP contribution in [-0.2, 0) is 31.6 Å². The van der Waals surface area contributed by atoms with Crippen molar-refractivity contribution in [3.8, 4) is 5.06 Å². The summed E-state index contributed by atoms with van der Waals surface area (Å²) in [5.41, 5.74) is 1.66. The molecule has 1 aromatic heterocycles. The molecule has 2 heterocycles. The number of phosphoric ester groups is 1. The van der Waals surface area contributed by atoms with Crippen LogP contribution in [0, 0.1) is 0 Å². The van der Waals surface area contributed by atoms with Crippen molar-refractivity contribution in [1.82, 2.24) is 4.90 Å². The molecule has 0 radical (unpaired) electrons. The lowest BCUT2D eigenvalue weighted by molar-refractivity contribution is -0.147. The maximum Gasteiger partial charge on any atom is 0.472 e. The lowest BCUT2D eigenvalue weighted by Crippen LogP contribution is -2.38. The second-order valence-corrected chi connectivity index (χ2v) is 8.81. The molecule has 0 aliphatic carbocycles. The highest BCUT2D eigenvalue weighted by atomic mass is 35.5. The number of hydrogen-bond acceptors (Lipinski definition) is 7. The molecule has 0 spiro atoms. The van der Waals surface area contributed by atoms with E-state index < -0.39 is 26.6 Å². The molecule has 0 saturated heterocycles. The molecule has 1 aromatic carbocycles. The summed E-state index contributed by atoms with van der Waals surface area (Å²) in [5, 5.41) is 0.986. The van der Waals surface area contributed by atoms with Gasteiger partial charge in [0.25, 0.3) is 0 Å². The summed E-state index contributed by atoms with van der Waals surface area (Å²) in [5.74, 6) is -0.390. The summed E-state index contributed by atoms with van der Waals surface area (Å²) < 4.78 is 25.3. The van der Waals surface area contributed by atoms with Crippen LogP contribution >= 0.6 is 30.8 Å². The number of thiophene rings is 1. The minimum absolute atomic E-state index is 0.390. The third kappa shape index (κ3) is 5.12. The minimum atomic E-state index is -4.58. The Morgan fingerprint density at radius 2 is 2.14 bits per heavy atom. The van der Waals surface area contributed by atoms with E-state index in [1.165, 1.54) is 18.4 Å². The van der Waals surface area contributed by atoms with Gasteiger partial charge < -0.3 is 19.3 Å². The smallest absolute Gasteiger partial charge is 0.468 e. The Balaban J connectivity index is 1.76. The third-order valence-electron chi connectivity index (χ3n) is 4.29. The largest absolute Gasteiger partial charge is 0.472 e. The summed E-state index contributed by atoms with van der Waals surface area (Å²) in [6, 6.07) is 8.33. The highest BCUT2D eigenvalue weighted by Gasteiger charge is 2.33. The van der Waals surface area contributed by atoms with Crippen LogP contribution in [0.5, 0.6) is 5.06 Å². The average Bonchev–Trinajstić information content (AvgIpc) is 3.04. The lowest BCUT2D eigenvalue weighted by atomic mass is 10.0. The quantitative estimate of drug-likeness (QED) is 0.379. The van der Waals surface area contributed by atoms with Crippen molar-refractivity contribution in [3.63, 3.8) is 0 Å². The monoisotopic (exact) mass is 447 g/mol. The first-order valence-electron chi connectivity index (χ1n) is 8.29. The van der Waals surface area contributed by atoms with E-state index in [1.807, 2.05) is 11.0 Å². The fraction of sp³-hybridized carbons (Fsp3) is 0.353. The predicted molar refractivity (Wildman–Crippen MR) is 103 cm³/mol. The molecular weight excluding hydrogens is 429 g/mol. The van der Waals surface area contributed by atoms with E-state index in [4.69, 9.17) is 30.9 Å². The van der Waals surface area contributed by atoms with Gasteiger partial charge in [0.2, 0.25) is 6.79 Å². The van der Waals surface area contributed by atoms with Gasteiger partial charge in [0.05, 0.1) is 7.11 Å². The van der Waals surface area contributed by atoms with E-state index in [-0.39, 0.29) is 0 Å². The van der Waals surface area contributed by atoms with Crippen LogP contribution in [-0.4, -0.2) is 41.1 Å². The molecule has 0 amide bonds. The van der Waals surface area contributed by atoms with Crippen LogP contribution in [0.25, 0.3) is 0 Å². The van der Waals surface area contributed by atoms with Gasteiger partial charge in [-0.3, -0.25) is 4.90 Å². The SMILES string of the molecule is COC(=O)C(c1ccccc1Cl)N1CCc2sc(OCOP(=O)(O)O)cc2C1. The van der Waals surface area contributed by atoms with E-state index in [9.17, 15) is 9.36 Å². The molecule has 8 nitrogen and oxygen atoms in total. The van der Waals surface area contributed by atoms with Gasteiger partial charge in [-0.1, -0.05) is 29.8 Å². The number of esters is 1. The number of phosphoric acid groups is 1. The fourth-order valence-electron chi connectivity index (χ4n) is 3.05. The van der Waals surface area contributed by atoms with E-state index in [1.54, 1.807) is 24.3 Å². The van der Waals surface area contributed by atoms with Gasteiger partial charge in [-0.25, -0.2) is 13.9 Å². The van der Waals surface area contributed by atoms with Crippen LogP contribution in [0.4, 0.5) is 0 Å². The van der Waals surface area contributed by atoms with Crippen LogP contribution in [0.15, 0.2) is 30.3 Å². The number of fused-ring (bicyclic) bond motifs is 1. The summed E-state index contributed by atoms with van der Waals surface area (Å²) >= 11 is 7.70. The molecule has 1 unspecified atom stereocenters. The molecule has 0 saturated carbocycles. The van der Waals surface area contributed by atoms with Crippen LogP contribution < -0.4 is 4.74 Å². The number of methoxy groups -OCH3 is 1. The standard InChI is InChI=1S/C17H19ClNO7PS/c1-24-17(20)16(12-4-2-3-5-13(12)18)19-7-6-14-11(9-19)8-15(28-14)25-10-26-27(21,22)23/h2-5,8,16H,6-7,9-10H2,1H3,(H2,21,22,23). The van der Waals surface area contributed by atoms with Crippen LogP contribution in [0.2, 0.25) is 5.02 Å². The summed E-state index contributed by atoms with van der Waals surface area (Å²) in [4.78, 5) is 33.0. The first-order chi connectivity index (χ1) is 13.3. The Labute approximate surface area is 170 Å². The molecule has 2 aromatic rings. The van der Waals surface area contributed by atoms with Gasteiger partial charge in [0.15, 0.2) is 5.06 Å². The van der Waals surface area contributed by atoms with Crippen LogP contribution in [0.1, 0.15) is 22.0 Å². The number of carbonyl (C=O) groups is 1. The second kappa shape index (κ2) is 8.92. The number of hydrogen-bond donors (Lipinski definition) is 2. The summed E-state index contributed by atoms with van der Waals surface area (Å²) in [7, 11) is -3.23. The molecule has 3 rings (SSSR count). The molecule has 152 valence electrons. The first-order valence-corrected chi connectivity index (χ1v) is 11.0. The molecule has 1 aliphatic rings. The Bertz CT molecular complexity index is 899. The topological polar surface area (TPSA) is 106 Å². The van der Waals surface area contributed by atoms with Crippen molar-refractivity contribution < 1.29 is 33.1 Å². The Morgan fingerprint density at radius 3 is 2.82 bits per heavy atom. The third-order valence-corrected chi connectivity index (χ3v) is 6.22. The van der Waals surface area contributed by atoms with E-state index in [0.29, 0.717) is 35.2 Å². The maximum atomic E-state index is 12.5. The van der Waals surface area contributed by atoms with Gasteiger partial charge in [-0.2, -0.15) is 0 Å². The van der Waals surface area contributed by atoms with E-state index >= 15 is 0 Å². The molecule has 1 aliphatic heterocycles. The molecule has 11 heteroatoms. The normalized spacial score (nSPS) is 15.7. The minimum Gasteiger partial charge on any atom is -0.468 e. The fourth-order valence-corrected chi connectivity index (χ4v) is 4.48. The first kappa shape index (κ1) is 21.3. The molecule has 1 atom stereocenters. The maximum absolute atomic E-state index is 12.5. The number of rotatable bonds is 7. The Morgan fingerprint density at radius 1 is 1.39 bits per heavy atom. The predicted octanol–water partition coefficient (Wildman–Crippen LogP) is 3.12. The van der Waals surface area contributed by atoms with Gasteiger partial charge in [-0.05, 0) is 29.7 Å². The van der Waals surface area contributed by atoms with Gasteiger partial charge in [0, 0.05) is 23.0 Å². The summed E-state index contributed by atoms with van der Waals surface area (Å²) in [6.07, 6.45) is 0.695. The van der Waals surface area contributed by atoms with Crippen molar-refractivity contribution in [2.24, 2.45) is 0 Å². The number of nitrogens with zero attached hydrogens (tertiary/aromatic N) is 1. The van der Waals surface area contributed by atoms with Gasteiger partial charge in [0.1, 0.15) is 6.04 Å². The second-order valence-electron chi connectivity index (χ2n) is 6.06. The average molecular weight is 448 g/mol. The molecule has 0 fully saturated rings. The molecular formula is C17H19ClNO7PS.